The van der Waals surface area contributed by atoms with Crippen LogP contribution in [0.5, 0.6) is 5.75 Å². The molecule has 1 heterocycles. The van der Waals surface area contributed by atoms with Crippen molar-refractivity contribution >= 4 is 51.9 Å². The van der Waals surface area contributed by atoms with Crippen LogP contribution >= 0.6 is 24.0 Å². The summed E-state index contributed by atoms with van der Waals surface area (Å²) < 4.78 is 0.133. The molecular weight excluding hydrogens is 414 g/mol. The second-order valence-electron chi connectivity index (χ2n) is 5.71. The molecule has 1 fully saturated rings. The van der Waals surface area contributed by atoms with Crippen LogP contribution in [0.4, 0.5) is 5.69 Å². The molecule has 29 heavy (non-hydrogen) atoms. The predicted molar refractivity (Wildman–Crippen MR) is 113 cm³/mol. The number of phenolic OH excluding ortho intramolecular Hbond substituents is 1. The van der Waals surface area contributed by atoms with Crippen molar-refractivity contribution in [1.29, 1.82) is 0 Å². The zero-order valence-electron chi connectivity index (χ0n) is 14.6. The molecule has 8 nitrogen and oxygen atoms in total. The Morgan fingerprint density at radius 2 is 2.00 bits per heavy atom. The molecule has 0 aliphatic carbocycles. The van der Waals surface area contributed by atoms with E-state index in [1.54, 1.807) is 18.2 Å². The number of aromatic hydroxyl groups is 1. The number of thioether (sulfide) groups is 1. The maximum atomic E-state index is 12.5. The largest absolute Gasteiger partial charge is 0.508 e. The predicted octanol–water partition coefficient (Wildman–Crippen LogP) is 3.40. The average molecular weight is 427 g/mol. The molecule has 0 aromatic heterocycles. The molecule has 1 aliphatic heterocycles. The highest BCUT2D eigenvalue weighted by atomic mass is 32.2. The van der Waals surface area contributed by atoms with Gasteiger partial charge in [0.05, 0.1) is 15.4 Å². The van der Waals surface area contributed by atoms with Gasteiger partial charge in [0, 0.05) is 11.6 Å². The highest BCUT2D eigenvalue weighted by molar-refractivity contribution is 8.26. The fourth-order valence-corrected chi connectivity index (χ4v) is 3.56. The molecule has 0 unspecified atom stereocenters. The summed E-state index contributed by atoms with van der Waals surface area (Å²) in [5, 5.41) is 21.4. The molecule has 146 valence electrons. The molecule has 0 saturated carbocycles. The summed E-state index contributed by atoms with van der Waals surface area (Å²) in [5.74, 6) is -1.21. The van der Waals surface area contributed by atoms with E-state index in [0.29, 0.717) is 5.56 Å². The summed E-state index contributed by atoms with van der Waals surface area (Å²) in [6.45, 7) is 0. The minimum Gasteiger partial charge on any atom is -0.508 e. The van der Waals surface area contributed by atoms with Crippen molar-refractivity contribution < 1.29 is 19.6 Å². The Balaban J connectivity index is 1.73. The molecule has 2 N–H and O–H groups in total. The van der Waals surface area contributed by atoms with E-state index in [2.05, 4.69) is 5.43 Å². The first-order chi connectivity index (χ1) is 13.9. The molecule has 10 heteroatoms. The van der Waals surface area contributed by atoms with Gasteiger partial charge in [-0.25, -0.2) is 0 Å². The highest BCUT2D eigenvalue weighted by Gasteiger charge is 2.33. The summed E-state index contributed by atoms with van der Waals surface area (Å²) in [4.78, 5) is 35.6. The Morgan fingerprint density at radius 3 is 2.72 bits per heavy atom. The van der Waals surface area contributed by atoms with Crippen molar-refractivity contribution in [3.63, 3.8) is 0 Å². The van der Waals surface area contributed by atoms with Crippen molar-refractivity contribution in [2.45, 2.75) is 0 Å². The van der Waals surface area contributed by atoms with E-state index >= 15 is 0 Å². The Bertz CT molecular complexity index is 1080. The number of carbonyl (C=O) groups is 2. The van der Waals surface area contributed by atoms with E-state index in [4.69, 9.17) is 12.2 Å². The number of nitro groups is 1. The third kappa shape index (κ3) is 4.68. The molecule has 0 radical (unpaired) electrons. The minimum absolute atomic E-state index is 0.0527. The van der Waals surface area contributed by atoms with Crippen LogP contribution in [-0.2, 0) is 4.79 Å². The van der Waals surface area contributed by atoms with Crippen molar-refractivity contribution in [3.8, 4) is 5.75 Å². The van der Waals surface area contributed by atoms with E-state index < -0.39 is 16.7 Å². The number of hydrogen-bond donors (Lipinski definition) is 2. The summed E-state index contributed by atoms with van der Waals surface area (Å²) in [6, 6.07) is 11.9. The van der Waals surface area contributed by atoms with Crippen LogP contribution in [0.25, 0.3) is 6.08 Å². The van der Waals surface area contributed by atoms with Crippen LogP contribution in [0.15, 0.2) is 65.6 Å². The van der Waals surface area contributed by atoms with Gasteiger partial charge in [-0.05, 0) is 48.6 Å². The molecule has 1 aliphatic rings. The number of nitro benzene ring substituents is 1. The number of para-hydroxylation sites is 1. The normalized spacial score (nSPS) is 15.3. The Kier molecular flexibility index (Phi) is 6.05. The lowest BCUT2D eigenvalue weighted by Crippen LogP contribution is -2.44. The molecule has 0 spiro atoms. The molecule has 1 saturated heterocycles. The Labute approximate surface area is 174 Å². The first kappa shape index (κ1) is 20.2. The first-order valence-electron chi connectivity index (χ1n) is 8.15. The topological polar surface area (TPSA) is 113 Å². The summed E-state index contributed by atoms with van der Waals surface area (Å²) in [7, 11) is 0. The molecule has 2 aromatic carbocycles. The van der Waals surface area contributed by atoms with E-state index in [9.17, 15) is 24.8 Å². The number of thiocarbonyl (C=S) groups is 1. The quantitative estimate of drug-likeness (QED) is 0.325. The lowest BCUT2D eigenvalue weighted by molar-refractivity contribution is -0.385. The Hall–Kier alpha value is -3.50. The molecular formula is C19H13N3O5S2. The third-order valence-electron chi connectivity index (χ3n) is 3.77. The number of hydrogen-bond acceptors (Lipinski definition) is 7. The van der Waals surface area contributed by atoms with Gasteiger partial charge in [-0.2, -0.15) is 5.01 Å². The van der Waals surface area contributed by atoms with Gasteiger partial charge in [-0.3, -0.25) is 25.1 Å². The number of phenols is 1. The zero-order chi connectivity index (χ0) is 21.0. The van der Waals surface area contributed by atoms with E-state index in [-0.39, 0.29) is 26.2 Å². The highest BCUT2D eigenvalue weighted by Crippen LogP contribution is 2.30. The van der Waals surface area contributed by atoms with Gasteiger partial charge in [-0.15, -0.1) is 0 Å². The van der Waals surface area contributed by atoms with Crippen molar-refractivity contribution in [2.24, 2.45) is 0 Å². The van der Waals surface area contributed by atoms with Crippen molar-refractivity contribution in [1.82, 2.24) is 10.4 Å². The number of hydrazine groups is 1. The minimum atomic E-state index is -0.603. The molecule has 0 atom stereocenters. The second-order valence-corrected chi connectivity index (χ2v) is 7.38. The maximum absolute atomic E-state index is 12.5. The van der Waals surface area contributed by atoms with Gasteiger partial charge in [-0.1, -0.05) is 36.0 Å². The van der Waals surface area contributed by atoms with Gasteiger partial charge in [0.1, 0.15) is 5.75 Å². The molecule has 2 aromatic rings. The van der Waals surface area contributed by atoms with Crippen LogP contribution in [0.3, 0.4) is 0 Å². The first-order valence-corrected chi connectivity index (χ1v) is 9.37. The third-order valence-corrected chi connectivity index (χ3v) is 5.09. The number of nitrogens with one attached hydrogen (secondary N) is 1. The number of allylic oxidation sites excluding steroid dienone is 2. The van der Waals surface area contributed by atoms with E-state index in [1.165, 1.54) is 48.6 Å². The van der Waals surface area contributed by atoms with Gasteiger partial charge in [0.25, 0.3) is 17.5 Å². The van der Waals surface area contributed by atoms with Crippen LogP contribution in [0.2, 0.25) is 0 Å². The SMILES string of the molecule is O=C(NN1C(=O)/C(=C/C=C/c2ccccc2[N+](=O)[O-])SC1=S)c1cccc(O)c1. The summed E-state index contributed by atoms with van der Waals surface area (Å²) in [5.41, 5.74) is 2.91. The maximum Gasteiger partial charge on any atom is 0.285 e. The van der Waals surface area contributed by atoms with E-state index in [0.717, 1.165) is 16.8 Å². The standard InChI is InChI=1S/C19H13N3O5S2/c23-14-8-3-7-13(11-14)17(24)20-21-18(25)16(29-19(21)28)10-4-6-12-5-1-2-9-15(12)22(26)27/h1-11,23H,(H,20,24)/b6-4+,16-10-. The number of nitrogens with zero attached hydrogens (tertiary/aromatic N) is 2. The Morgan fingerprint density at radius 1 is 1.24 bits per heavy atom. The van der Waals surface area contributed by atoms with Crippen LogP contribution < -0.4 is 5.43 Å². The van der Waals surface area contributed by atoms with Gasteiger partial charge >= 0.3 is 0 Å². The average Bonchev–Trinajstić information content (AvgIpc) is 2.95. The lowest BCUT2D eigenvalue weighted by Gasteiger charge is -2.15. The summed E-state index contributed by atoms with van der Waals surface area (Å²) in [6.07, 6.45) is 4.48. The van der Waals surface area contributed by atoms with Gasteiger partial charge in [0.2, 0.25) is 0 Å². The van der Waals surface area contributed by atoms with Crippen molar-refractivity contribution in [2.75, 3.05) is 0 Å². The van der Waals surface area contributed by atoms with Gasteiger partial charge in [0.15, 0.2) is 4.32 Å². The number of amides is 2. The fourth-order valence-electron chi connectivity index (χ4n) is 2.43. The number of carbonyl (C=O) groups excluding carboxylic acids is 2. The van der Waals surface area contributed by atoms with E-state index in [1.807, 2.05) is 0 Å². The van der Waals surface area contributed by atoms with Gasteiger partial charge < -0.3 is 5.11 Å². The van der Waals surface area contributed by atoms with Crippen LogP contribution in [0, 0.1) is 10.1 Å². The summed E-state index contributed by atoms with van der Waals surface area (Å²) >= 11 is 6.12. The molecule has 0 bridgehead atoms. The number of rotatable bonds is 5. The molecule has 2 amide bonds. The fraction of sp³-hybridized carbons (Fsp3) is 0. The molecule has 3 rings (SSSR count). The smallest absolute Gasteiger partial charge is 0.285 e. The van der Waals surface area contributed by atoms with Crippen LogP contribution in [-0.4, -0.2) is 31.2 Å². The van der Waals surface area contributed by atoms with Crippen LogP contribution in [0.1, 0.15) is 15.9 Å². The second kappa shape index (κ2) is 8.67. The lowest BCUT2D eigenvalue weighted by atomic mass is 10.1. The van der Waals surface area contributed by atoms with Crippen molar-refractivity contribution in [3.05, 3.63) is 86.8 Å². The number of benzene rings is 2. The monoisotopic (exact) mass is 427 g/mol. The zero-order valence-corrected chi connectivity index (χ0v) is 16.3.